The molecule has 0 saturated carbocycles. The molecule has 9 aromatic carbocycles. The van der Waals surface area contributed by atoms with Gasteiger partial charge < -0.3 is 13.7 Å². The summed E-state index contributed by atoms with van der Waals surface area (Å²) in [5, 5.41) is 7.19. The van der Waals surface area contributed by atoms with Gasteiger partial charge in [0.15, 0.2) is 17.5 Å². The molecule has 0 aliphatic carbocycles. The molecule has 4 aromatic heterocycles. The van der Waals surface area contributed by atoms with Gasteiger partial charge in [-0.25, -0.2) is 15.0 Å². The number of para-hydroxylation sites is 5. The molecule has 0 N–H and O–H groups in total. The Morgan fingerprint density at radius 3 is 1.43 bits per heavy atom. The Kier molecular flexibility index (Phi) is 7.80. The van der Waals surface area contributed by atoms with Crippen LogP contribution in [0.1, 0.15) is 0 Å². The Balaban J connectivity index is 1.13. The van der Waals surface area contributed by atoms with E-state index in [0.29, 0.717) is 17.5 Å². The van der Waals surface area contributed by atoms with Crippen molar-refractivity contribution in [2.75, 3.05) is 0 Å². The van der Waals surface area contributed by atoms with Crippen molar-refractivity contribution in [1.29, 1.82) is 0 Å². The van der Waals surface area contributed by atoms with Crippen LogP contribution in [-0.4, -0.2) is 28.7 Å². The molecule has 63 heavy (non-hydrogen) atoms. The molecule has 6 nitrogen and oxygen atoms in total. The van der Waals surface area contributed by atoms with Crippen LogP contribution < -0.4 is 0 Å². The van der Waals surface area contributed by atoms with Crippen molar-refractivity contribution in [1.82, 2.24) is 28.7 Å². The number of hydrogen-bond acceptors (Lipinski definition) is 3. The molecule has 0 atom stereocenters. The van der Waals surface area contributed by atoms with E-state index in [2.05, 4.69) is 196 Å². The zero-order valence-electron chi connectivity index (χ0n) is 34.0. The van der Waals surface area contributed by atoms with Crippen molar-refractivity contribution in [2.24, 2.45) is 0 Å². The molecule has 13 rings (SSSR count). The van der Waals surface area contributed by atoms with Crippen LogP contribution in [-0.2, 0) is 0 Å². The summed E-state index contributed by atoms with van der Waals surface area (Å²) < 4.78 is 7.32. The Bertz CT molecular complexity index is 3840. The zero-order valence-corrected chi connectivity index (χ0v) is 34.0. The third kappa shape index (κ3) is 5.35. The summed E-state index contributed by atoms with van der Waals surface area (Å²) in [5.74, 6) is 1.87. The van der Waals surface area contributed by atoms with E-state index < -0.39 is 0 Å². The number of benzene rings is 9. The molecular formula is C57H36N6. The van der Waals surface area contributed by atoms with Gasteiger partial charge in [0, 0.05) is 54.7 Å². The lowest BCUT2D eigenvalue weighted by Crippen LogP contribution is -2.03. The van der Waals surface area contributed by atoms with Gasteiger partial charge >= 0.3 is 0 Å². The molecule has 294 valence electrons. The minimum absolute atomic E-state index is 0.612. The van der Waals surface area contributed by atoms with E-state index in [0.717, 1.165) is 55.8 Å². The minimum Gasteiger partial charge on any atom is -0.309 e. The number of rotatable bonds is 6. The van der Waals surface area contributed by atoms with Crippen LogP contribution in [0.4, 0.5) is 0 Å². The van der Waals surface area contributed by atoms with Gasteiger partial charge in [0.25, 0.3) is 0 Å². The van der Waals surface area contributed by atoms with Crippen LogP contribution in [0, 0.1) is 0 Å². The van der Waals surface area contributed by atoms with E-state index in [4.69, 9.17) is 15.0 Å². The van der Waals surface area contributed by atoms with Gasteiger partial charge in [0.1, 0.15) is 0 Å². The normalized spacial score (nSPS) is 11.8. The quantitative estimate of drug-likeness (QED) is 0.168. The number of fused-ring (bicyclic) bond motifs is 10. The second-order valence-corrected chi connectivity index (χ2v) is 16.0. The van der Waals surface area contributed by atoms with E-state index in [9.17, 15) is 0 Å². The molecule has 0 unspecified atom stereocenters. The van der Waals surface area contributed by atoms with Crippen molar-refractivity contribution in [3.05, 3.63) is 218 Å². The summed E-state index contributed by atoms with van der Waals surface area (Å²) in [6, 6.07) is 77.3. The molecule has 0 amide bonds. The smallest absolute Gasteiger partial charge is 0.166 e. The first-order chi connectivity index (χ1) is 31.3. The van der Waals surface area contributed by atoms with Crippen LogP contribution in [0.2, 0.25) is 0 Å². The first-order valence-corrected chi connectivity index (χ1v) is 21.3. The standard InChI is InChI=1S/C57H36N6/c1-4-19-37(20-5-1)55-58-56(38-21-6-2-7-22-38)60-57(59-55)44-28-13-17-32-48(44)62-47-31-16-12-27-43(47)53-51(62)36-35-41-40-25-10-14-29-45(40)63(54(41)53)50-34-18-33-49-52(50)42-26-11-15-30-46(42)61(49)39-23-8-3-9-24-39/h1-36H. The van der Waals surface area contributed by atoms with E-state index in [1.165, 1.54) is 43.4 Å². The molecule has 0 radical (unpaired) electrons. The maximum Gasteiger partial charge on any atom is 0.166 e. The molecule has 0 bridgehead atoms. The van der Waals surface area contributed by atoms with Gasteiger partial charge in [0.2, 0.25) is 0 Å². The molecule has 0 saturated heterocycles. The first-order valence-electron chi connectivity index (χ1n) is 21.3. The highest BCUT2D eigenvalue weighted by molar-refractivity contribution is 6.27. The highest BCUT2D eigenvalue weighted by atomic mass is 15.1. The monoisotopic (exact) mass is 804 g/mol. The zero-order chi connectivity index (χ0) is 41.4. The fourth-order valence-electron chi connectivity index (χ4n) is 9.85. The molecule has 0 fully saturated rings. The SMILES string of the molecule is c1ccc(-c2nc(-c3ccccc3)nc(-c3ccccc3-n3c4ccccc4c4c3ccc3c5ccccc5n(-c5cccc6c5c5ccccc5n6-c5ccccc5)c34)n2)cc1. The van der Waals surface area contributed by atoms with Gasteiger partial charge in [-0.2, -0.15) is 0 Å². The predicted molar refractivity (Wildman–Crippen MR) is 259 cm³/mol. The van der Waals surface area contributed by atoms with Gasteiger partial charge in [-0.1, -0.05) is 158 Å². The maximum absolute atomic E-state index is 5.20. The van der Waals surface area contributed by atoms with Gasteiger partial charge in [-0.3, -0.25) is 0 Å². The van der Waals surface area contributed by atoms with E-state index in [1.54, 1.807) is 0 Å². The summed E-state index contributed by atoms with van der Waals surface area (Å²) in [6.07, 6.45) is 0. The third-order valence-corrected chi connectivity index (χ3v) is 12.5. The first kappa shape index (κ1) is 35.2. The van der Waals surface area contributed by atoms with Gasteiger partial charge in [-0.05, 0) is 60.7 Å². The summed E-state index contributed by atoms with van der Waals surface area (Å²) in [6.45, 7) is 0. The molecule has 13 aromatic rings. The lowest BCUT2D eigenvalue weighted by molar-refractivity contribution is 1.06. The Hall–Kier alpha value is -8.61. The van der Waals surface area contributed by atoms with Crippen molar-refractivity contribution < 1.29 is 0 Å². The summed E-state index contributed by atoms with van der Waals surface area (Å²) in [4.78, 5) is 15.4. The molecule has 6 heteroatoms. The summed E-state index contributed by atoms with van der Waals surface area (Å²) >= 11 is 0. The number of nitrogens with zero attached hydrogens (tertiary/aromatic N) is 6. The molecule has 0 spiro atoms. The lowest BCUT2D eigenvalue weighted by Gasteiger charge is -2.15. The largest absolute Gasteiger partial charge is 0.309 e. The van der Waals surface area contributed by atoms with Crippen LogP contribution in [0.3, 0.4) is 0 Å². The van der Waals surface area contributed by atoms with E-state index in [-0.39, 0.29) is 0 Å². The highest BCUT2D eigenvalue weighted by Gasteiger charge is 2.25. The maximum atomic E-state index is 5.20. The fraction of sp³-hybridized carbons (Fsp3) is 0. The van der Waals surface area contributed by atoms with Crippen molar-refractivity contribution in [3.63, 3.8) is 0 Å². The highest BCUT2D eigenvalue weighted by Crippen LogP contribution is 2.45. The van der Waals surface area contributed by atoms with Crippen LogP contribution in [0.25, 0.3) is 117 Å². The predicted octanol–water partition coefficient (Wildman–Crippen LogP) is 14.2. The molecule has 0 aliphatic heterocycles. The topological polar surface area (TPSA) is 53.5 Å². The van der Waals surface area contributed by atoms with Gasteiger partial charge in [-0.15, -0.1) is 0 Å². The van der Waals surface area contributed by atoms with Gasteiger partial charge in [0.05, 0.1) is 44.5 Å². The fourth-order valence-corrected chi connectivity index (χ4v) is 9.85. The Morgan fingerprint density at radius 2 is 0.746 bits per heavy atom. The van der Waals surface area contributed by atoms with Crippen molar-refractivity contribution >= 4 is 65.4 Å². The average molecular weight is 805 g/mol. The second-order valence-electron chi connectivity index (χ2n) is 16.0. The van der Waals surface area contributed by atoms with Crippen LogP contribution >= 0.6 is 0 Å². The second kappa shape index (κ2) is 14.0. The Morgan fingerprint density at radius 1 is 0.270 bits per heavy atom. The molecular weight excluding hydrogens is 769 g/mol. The molecule has 4 heterocycles. The number of hydrogen-bond donors (Lipinski definition) is 0. The van der Waals surface area contributed by atoms with Crippen LogP contribution in [0.5, 0.6) is 0 Å². The number of aromatic nitrogens is 6. The van der Waals surface area contributed by atoms with Crippen molar-refractivity contribution in [3.8, 4) is 51.2 Å². The molecule has 0 aliphatic rings. The average Bonchev–Trinajstić information content (AvgIpc) is 4.00. The summed E-state index contributed by atoms with van der Waals surface area (Å²) in [7, 11) is 0. The third-order valence-electron chi connectivity index (χ3n) is 12.5. The van der Waals surface area contributed by atoms with Crippen molar-refractivity contribution in [2.45, 2.75) is 0 Å². The van der Waals surface area contributed by atoms with Crippen LogP contribution in [0.15, 0.2) is 218 Å². The van der Waals surface area contributed by atoms with E-state index in [1.807, 2.05) is 36.4 Å². The van der Waals surface area contributed by atoms with E-state index >= 15 is 0 Å². The Labute approximate surface area is 362 Å². The lowest BCUT2D eigenvalue weighted by atomic mass is 10.1. The summed E-state index contributed by atoms with van der Waals surface area (Å²) in [5.41, 5.74) is 12.9. The minimum atomic E-state index is 0.612.